The Balaban J connectivity index is 0.000000351. The second-order valence-electron chi connectivity index (χ2n) is 5.82. The van der Waals surface area contributed by atoms with Crippen LogP contribution in [0.25, 0.3) is 0 Å². The molecule has 0 bridgehead atoms. The topological polar surface area (TPSA) is 18.5 Å². The van der Waals surface area contributed by atoms with E-state index in [1.807, 2.05) is 73.6 Å². The van der Waals surface area contributed by atoms with Gasteiger partial charge < -0.3 is 9.47 Å². The van der Waals surface area contributed by atoms with E-state index in [0.717, 1.165) is 17.1 Å². The number of allylic oxidation sites excluding steroid dienone is 7. The molecule has 0 saturated carbocycles. The monoisotopic (exact) mass is 386 g/mol. The molecule has 0 unspecified atom stereocenters. The fourth-order valence-electron chi connectivity index (χ4n) is 2.91. The first-order chi connectivity index (χ1) is 12.3. The van der Waals surface area contributed by atoms with Gasteiger partial charge in [0.1, 0.15) is 17.6 Å². The minimum atomic E-state index is -0.116. The van der Waals surface area contributed by atoms with Crippen molar-refractivity contribution in [3.63, 3.8) is 0 Å². The maximum absolute atomic E-state index is 6.12. The van der Waals surface area contributed by atoms with Crippen LogP contribution in [0.3, 0.4) is 0 Å². The summed E-state index contributed by atoms with van der Waals surface area (Å²) in [6, 6.07) is 9.83. The Kier molecular flexibility index (Phi) is 7.77. The van der Waals surface area contributed by atoms with Gasteiger partial charge in [0.15, 0.2) is 0 Å². The van der Waals surface area contributed by atoms with Crippen LogP contribution in [-0.4, -0.2) is 13.2 Å². The zero-order valence-corrected chi connectivity index (χ0v) is 15.8. The summed E-state index contributed by atoms with van der Waals surface area (Å²) in [5.41, 5.74) is 2.11. The van der Waals surface area contributed by atoms with Crippen molar-refractivity contribution >= 4 is 0 Å². The van der Waals surface area contributed by atoms with E-state index in [0.29, 0.717) is 0 Å². The van der Waals surface area contributed by atoms with E-state index in [4.69, 9.17) is 9.47 Å². The summed E-state index contributed by atoms with van der Waals surface area (Å²) < 4.78 is 11.5. The van der Waals surface area contributed by atoms with Gasteiger partial charge in [0, 0.05) is 41.4 Å². The second kappa shape index (κ2) is 10.1. The normalized spacial score (nSPS) is 22.3. The molecule has 4 rings (SSSR count). The van der Waals surface area contributed by atoms with Crippen molar-refractivity contribution in [2.24, 2.45) is 5.92 Å². The number of methoxy groups -OCH3 is 1. The van der Waals surface area contributed by atoms with Gasteiger partial charge in [0.2, 0.25) is 0 Å². The Morgan fingerprint density at radius 3 is 2.19 bits per heavy atom. The predicted octanol–water partition coefficient (Wildman–Crippen LogP) is 5.16. The minimum absolute atomic E-state index is 0. The third-order valence-corrected chi connectivity index (χ3v) is 4.17. The van der Waals surface area contributed by atoms with E-state index in [1.165, 1.54) is 5.57 Å². The molecule has 26 heavy (non-hydrogen) atoms. The molecular formula is C23H22FeO2. The molecule has 3 heteroatoms. The molecule has 2 atom stereocenters. The molecule has 0 aromatic heterocycles. The zero-order chi connectivity index (χ0) is 17.5. The third kappa shape index (κ3) is 4.91. The number of para-hydroxylation sites is 1. The Labute approximate surface area is 166 Å². The molecular weight excluding hydrogens is 364 g/mol. The quantitative estimate of drug-likeness (QED) is 0.665. The van der Waals surface area contributed by atoms with Crippen molar-refractivity contribution < 1.29 is 26.5 Å². The Morgan fingerprint density at radius 2 is 1.65 bits per heavy atom. The molecule has 2 radical (unpaired) electrons. The number of hydrogen-bond donors (Lipinski definition) is 0. The standard InChI is InChI=1S/C18H17O2.C5H5.Fe/c1-13-17(19-2)12-16(14-8-6-7-9-14)18(13)20-15-10-4-3-5-11-15;1-2-4-5-3-1;/h3-12,16,18H,1H2,2H3;1-5H;/t16-,18+;;/m1../s1. The molecule has 0 amide bonds. The largest absolute Gasteiger partial charge is 0.497 e. The molecule has 0 heterocycles. The summed E-state index contributed by atoms with van der Waals surface area (Å²) in [7, 11) is 1.67. The summed E-state index contributed by atoms with van der Waals surface area (Å²) in [6.07, 6.45) is 20.3. The Hall–Kier alpha value is -2.22. The van der Waals surface area contributed by atoms with Gasteiger partial charge in [-0.15, -0.1) is 0 Å². The Bertz CT molecular complexity index is 744. The molecule has 1 aromatic carbocycles. The predicted molar refractivity (Wildman–Crippen MR) is 103 cm³/mol. The van der Waals surface area contributed by atoms with Gasteiger partial charge in [-0.25, -0.2) is 0 Å². The fraction of sp³-hybridized carbons (Fsp3) is 0.130. The number of hydrogen-bond acceptors (Lipinski definition) is 2. The van der Waals surface area contributed by atoms with Crippen molar-refractivity contribution in [1.29, 1.82) is 0 Å². The van der Waals surface area contributed by atoms with Crippen LogP contribution in [0.5, 0.6) is 5.75 Å². The number of rotatable bonds is 4. The molecule has 2 nitrogen and oxygen atoms in total. The molecule has 1 aromatic rings. The summed E-state index contributed by atoms with van der Waals surface area (Å²) in [5.74, 6) is 1.81. The average Bonchev–Trinajstić information content (AvgIpc) is 3.40. The van der Waals surface area contributed by atoms with Gasteiger partial charge in [0.05, 0.1) is 7.11 Å². The van der Waals surface area contributed by atoms with Crippen LogP contribution < -0.4 is 4.74 Å². The Morgan fingerprint density at radius 1 is 0.923 bits per heavy atom. The third-order valence-electron chi connectivity index (χ3n) is 4.17. The van der Waals surface area contributed by atoms with Gasteiger partial charge in [-0.3, -0.25) is 0 Å². The van der Waals surface area contributed by atoms with Gasteiger partial charge in [0.25, 0.3) is 0 Å². The fourth-order valence-corrected chi connectivity index (χ4v) is 2.91. The van der Waals surface area contributed by atoms with Crippen LogP contribution in [0.4, 0.5) is 0 Å². The maximum atomic E-state index is 6.12. The van der Waals surface area contributed by atoms with Gasteiger partial charge >= 0.3 is 0 Å². The van der Waals surface area contributed by atoms with Gasteiger partial charge in [-0.05, 0) is 23.8 Å². The zero-order valence-electron chi connectivity index (χ0n) is 14.7. The molecule has 3 aliphatic carbocycles. The number of benzene rings is 1. The first kappa shape index (κ1) is 20.1. The van der Waals surface area contributed by atoms with Crippen molar-refractivity contribution in [2.75, 3.05) is 7.11 Å². The number of ether oxygens (including phenoxy) is 2. The smallest absolute Gasteiger partial charge is 0.137 e. The van der Waals surface area contributed by atoms with Crippen molar-refractivity contribution in [3.05, 3.63) is 115 Å². The van der Waals surface area contributed by atoms with E-state index >= 15 is 0 Å². The van der Waals surface area contributed by atoms with Crippen molar-refractivity contribution in [2.45, 2.75) is 6.10 Å². The molecule has 0 spiro atoms. The van der Waals surface area contributed by atoms with E-state index < -0.39 is 0 Å². The van der Waals surface area contributed by atoms with E-state index in [9.17, 15) is 0 Å². The SMILES string of the molecule is C=C1C(OC)=C[C@H](C2=C[CH]C=C2)[C@H]1Oc1ccccc1.[CH]1C=CC=C1.[Fe]. The van der Waals surface area contributed by atoms with Crippen molar-refractivity contribution in [3.8, 4) is 5.75 Å². The molecule has 0 aliphatic heterocycles. The molecule has 0 N–H and O–H groups in total. The van der Waals surface area contributed by atoms with Crippen molar-refractivity contribution in [1.82, 2.24) is 0 Å². The van der Waals surface area contributed by atoms with Crippen LogP contribution in [0.2, 0.25) is 0 Å². The minimum Gasteiger partial charge on any atom is -0.497 e. The van der Waals surface area contributed by atoms with Crippen LogP contribution in [0, 0.1) is 18.8 Å². The molecule has 0 fully saturated rings. The average molecular weight is 386 g/mol. The summed E-state index contributed by atoms with van der Waals surface area (Å²) in [4.78, 5) is 0. The summed E-state index contributed by atoms with van der Waals surface area (Å²) in [5, 5.41) is 0. The van der Waals surface area contributed by atoms with E-state index in [2.05, 4.69) is 24.8 Å². The summed E-state index contributed by atoms with van der Waals surface area (Å²) in [6.45, 7) is 4.13. The van der Waals surface area contributed by atoms with Crippen LogP contribution >= 0.6 is 0 Å². The first-order valence-electron chi connectivity index (χ1n) is 8.34. The molecule has 0 saturated heterocycles. The molecule has 3 aliphatic rings. The molecule has 134 valence electrons. The first-order valence-corrected chi connectivity index (χ1v) is 8.34. The maximum Gasteiger partial charge on any atom is 0.137 e. The van der Waals surface area contributed by atoms with Crippen LogP contribution in [0.15, 0.2) is 102 Å². The van der Waals surface area contributed by atoms with Crippen LogP contribution in [0.1, 0.15) is 0 Å². The van der Waals surface area contributed by atoms with Gasteiger partial charge in [-0.2, -0.15) is 0 Å². The second-order valence-corrected chi connectivity index (χ2v) is 5.82. The van der Waals surface area contributed by atoms with Gasteiger partial charge in [-0.1, -0.05) is 67.3 Å². The summed E-state index contributed by atoms with van der Waals surface area (Å²) >= 11 is 0. The van der Waals surface area contributed by atoms with E-state index in [-0.39, 0.29) is 29.1 Å². The van der Waals surface area contributed by atoms with E-state index in [1.54, 1.807) is 7.11 Å². The van der Waals surface area contributed by atoms with Crippen LogP contribution in [-0.2, 0) is 21.8 Å².